The van der Waals surface area contributed by atoms with Gasteiger partial charge in [0.2, 0.25) is 0 Å². The fourth-order valence-corrected chi connectivity index (χ4v) is 4.52. The summed E-state index contributed by atoms with van der Waals surface area (Å²) in [5.74, 6) is -1.48. The van der Waals surface area contributed by atoms with E-state index in [4.69, 9.17) is 27.9 Å². The van der Waals surface area contributed by atoms with E-state index < -0.39 is 23.6 Å². The molecule has 2 aromatic carbocycles. The molecule has 4 rings (SSSR count). The third-order valence-corrected chi connectivity index (χ3v) is 6.56. The number of amides is 1. The maximum Gasteiger partial charge on any atom is 0.328 e. The first kappa shape index (κ1) is 21.1. The van der Waals surface area contributed by atoms with Crippen LogP contribution in [0.3, 0.4) is 0 Å². The molecule has 1 spiro atoms. The van der Waals surface area contributed by atoms with Crippen molar-refractivity contribution in [3.8, 4) is 0 Å². The largest absolute Gasteiger partial charge is 0.480 e. The molecule has 2 aromatic rings. The third kappa shape index (κ3) is 4.05. The monoisotopic (exact) mass is 448 g/mol. The highest BCUT2D eigenvalue weighted by atomic mass is 35.5. The Morgan fingerprint density at radius 3 is 2.40 bits per heavy atom. The van der Waals surface area contributed by atoms with Crippen molar-refractivity contribution in [2.45, 2.75) is 31.2 Å². The molecule has 2 aliphatic heterocycles. The molecule has 0 radical (unpaired) electrons. The van der Waals surface area contributed by atoms with Crippen LogP contribution in [0.5, 0.6) is 0 Å². The second kappa shape index (κ2) is 8.55. The topological polar surface area (TPSA) is 70.1 Å². The molecule has 2 fully saturated rings. The van der Waals surface area contributed by atoms with Crippen molar-refractivity contribution in [1.29, 1.82) is 0 Å². The van der Waals surface area contributed by atoms with Crippen molar-refractivity contribution >= 4 is 35.1 Å². The third-order valence-electron chi connectivity index (χ3n) is 5.82. The number of hydrogen-bond donors (Lipinski definition) is 1. The number of carboxylic acid groups (broad SMARTS) is 1. The van der Waals surface area contributed by atoms with Gasteiger partial charge in [0.25, 0.3) is 5.91 Å². The Morgan fingerprint density at radius 1 is 1.07 bits per heavy atom. The number of likely N-dealkylation sites (tertiary alicyclic amines) is 1. The summed E-state index contributed by atoms with van der Waals surface area (Å²) in [4.78, 5) is 28.9. The van der Waals surface area contributed by atoms with Gasteiger partial charge in [0.15, 0.2) is 6.04 Å². The Labute approximate surface area is 184 Å². The van der Waals surface area contributed by atoms with Crippen LogP contribution in [0.25, 0.3) is 0 Å². The van der Waals surface area contributed by atoms with Crippen molar-refractivity contribution in [2.75, 3.05) is 19.7 Å². The number of piperidine rings is 1. The normalized spacial score (nSPS) is 21.1. The Kier molecular flexibility index (Phi) is 6.02. The molecule has 2 saturated heterocycles. The van der Waals surface area contributed by atoms with Crippen LogP contribution < -0.4 is 0 Å². The van der Waals surface area contributed by atoms with Gasteiger partial charge in [-0.15, -0.1) is 0 Å². The maximum absolute atomic E-state index is 13.3. The number of rotatable bonds is 4. The number of hydrogen-bond acceptors (Lipinski definition) is 4. The number of aliphatic carboxylic acids is 1. The lowest BCUT2D eigenvalue weighted by Crippen LogP contribution is -2.58. The van der Waals surface area contributed by atoms with E-state index >= 15 is 0 Å². The van der Waals surface area contributed by atoms with E-state index in [2.05, 4.69) is 17.0 Å². The highest BCUT2D eigenvalue weighted by molar-refractivity contribution is 6.42. The van der Waals surface area contributed by atoms with Gasteiger partial charge in [-0.25, -0.2) is 4.79 Å². The fourth-order valence-electron chi connectivity index (χ4n) is 4.23. The predicted molar refractivity (Wildman–Crippen MR) is 114 cm³/mol. The van der Waals surface area contributed by atoms with Gasteiger partial charge >= 0.3 is 5.97 Å². The molecule has 2 aliphatic rings. The van der Waals surface area contributed by atoms with Gasteiger partial charge in [0.1, 0.15) is 5.72 Å². The maximum atomic E-state index is 13.3. The molecule has 0 bridgehead atoms. The van der Waals surface area contributed by atoms with Gasteiger partial charge in [-0.3, -0.25) is 14.6 Å². The van der Waals surface area contributed by atoms with Gasteiger partial charge in [0.05, 0.1) is 16.7 Å². The summed E-state index contributed by atoms with van der Waals surface area (Å²) >= 11 is 12.0. The van der Waals surface area contributed by atoms with Crippen molar-refractivity contribution < 1.29 is 19.4 Å². The number of carboxylic acids is 1. The molecule has 0 aliphatic carbocycles. The van der Waals surface area contributed by atoms with Crippen LogP contribution in [0.15, 0.2) is 48.5 Å². The Morgan fingerprint density at radius 2 is 1.77 bits per heavy atom. The van der Waals surface area contributed by atoms with Crippen molar-refractivity contribution in [3.05, 3.63) is 69.7 Å². The Balaban J connectivity index is 1.55. The second-order valence-corrected chi connectivity index (χ2v) is 8.49. The van der Waals surface area contributed by atoms with Crippen molar-refractivity contribution in [2.24, 2.45) is 0 Å². The van der Waals surface area contributed by atoms with Crippen LogP contribution in [-0.4, -0.2) is 58.2 Å². The summed E-state index contributed by atoms with van der Waals surface area (Å²) in [5.41, 5.74) is 0.583. The molecule has 0 saturated carbocycles. The Bertz CT molecular complexity index is 945. The van der Waals surface area contributed by atoms with Crippen LogP contribution in [0.4, 0.5) is 0 Å². The molecule has 8 heteroatoms. The van der Waals surface area contributed by atoms with Gasteiger partial charge in [-0.2, -0.15) is 0 Å². The molecule has 1 amide bonds. The number of carbonyl (C=O) groups excluding carboxylic acids is 1. The number of halogens is 2. The van der Waals surface area contributed by atoms with E-state index in [0.29, 0.717) is 36.5 Å². The van der Waals surface area contributed by atoms with E-state index in [1.165, 1.54) is 16.5 Å². The van der Waals surface area contributed by atoms with Crippen LogP contribution in [0.2, 0.25) is 10.0 Å². The highest BCUT2D eigenvalue weighted by Crippen LogP contribution is 2.39. The SMILES string of the molecule is O=C(O)[C@@H]1COC2(CCN(Cc3ccccc3)CC2)N1C(=O)c1ccc(Cl)c(Cl)c1. The first-order valence-corrected chi connectivity index (χ1v) is 10.6. The molecule has 2 heterocycles. The summed E-state index contributed by atoms with van der Waals surface area (Å²) in [6.45, 7) is 2.18. The van der Waals surface area contributed by atoms with Crippen LogP contribution in [-0.2, 0) is 16.1 Å². The predicted octanol–water partition coefficient (Wildman–Crippen LogP) is 3.91. The molecule has 6 nitrogen and oxygen atoms in total. The minimum absolute atomic E-state index is 0.0267. The van der Waals surface area contributed by atoms with E-state index in [9.17, 15) is 14.7 Å². The average molecular weight is 449 g/mol. The zero-order valence-corrected chi connectivity index (χ0v) is 17.8. The van der Waals surface area contributed by atoms with E-state index in [-0.39, 0.29) is 11.6 Å². The van der Waals surface area contributed by atoms with E-state index in [0.717, 1.165) is 6.54 Å². The lowest BCUT2D eigenvalue weighted by atomic mass is 9.96. The number of ether oxygens (including phenoxy) is 1. The number of benzene rings is 2. The molecule has 30 heavy (non-hydrogen) atoms. The first-order chi connectivity index (χ1) is 14.4. The fraction of sp³-hybridized carbons (Fsp3) is 0.364. The molecule has 1 N–H and O–H groups in total. The smallest absolute Gasteiger partial charge is 0.328 e. The van der Waals surface area contributed by atoms with Crippen LogP contribution in [0, 0.1) is 0 Å². The summed E-state index contributed by atoms with van der Waals surface area (Å²) in [7, 11) is 0. The van der Waals surface area contributed by atoms with Crippen LogP contribution in [0.1, 0.15) is 28.8 Å². The minimum atomic E-state index is -1.08. The number of nitrogens with zero attached hydrogens (tertiary/aromatic N) is 2. The first-order valence-electron chi connectivity index (χ1n) is 9.81. The van der Waals surface area contributed by atoms with Gasteiger partial charge in [-0.1, -0.05) is 53.5 Å². The summed E-state index contributed by atoms with van der Waals surface area (Å²) in [6, 6.07) is 13.7. The quantitative estimate of drug-likeness (QED) is 0.767. The second-order valence-electron chi connectivity index (χ2n) is 7.68. The summed E-state index contributed by atoms with van der Waals surface area (Å²) < 4.78 is 6.00. The lowest BCUT2D eigenvalue weighted by Gasteiger charge is -2.44. The molecule has 0 unspecified atom stereocenters. The summed E-state index contributed by atoms with van der Waals surface area (Å²) in [6.07, 6.45) is 1.08. The summed E-state index contributed by atoms with van der Waals surface area (Å²) in [5, 5.41) is 10.3. The molecule has 158 valence electrons. The minimum Gasteiger partial charge on any atom is -0.480 e. The Hall–Kier alpha value is -2.12. The van der Waals surface area contributed by atoms with Gasteiger partial charge in [-0.05, 0) is 23.8 Å². The van der Waals surface area contributed by atoms with Crippen molar-refractivity contribution in [1.82, 2.24) is 9.80 Å². The molecule has 0 aromatic heterocycles. The van der Waals surface area contributed by atoms with Crippen molar-refractivity contribution in [3.63, 3.8) is 0 Å². The molecule has 1 atom stereocenters. The highest BCUT2D eigenvalue weighted by Gasteiger charge is 2.54. The average Bonchev–Trinajstić information content (AvgIpc) is 3.11. The molecular weight excluding hydrogens is 427 g/mol. The zero-order chi connectivity index (χ0) is 21.3. The standard InChI is InChI=1S/C22H22Cl2N2O4/c23-17-7-6-16(12-18(17)24)20(27)26-19(21(28)29)14-30-22(26)8-10-25(11-9-22)13-15-4-2-1-3-5-15/h1-7,12,19H,8-11,13-14H2,(H,28,29)/t19-/m0/s1. The van der Waals surface area contributed by atoms with Gasteiger partial charge in [0, 0.05) is 38.0 Å². The van der Waals surface area contributed by atoms with E-state index in [1.54, 1.807) is 12.1 Å². The van der Waals surface area contributed by atoms with Gasteiger partial charge < -0.3 is 9.84 Å². The van der Waals surface area contributed by atoms with E-state index in [1.807, 2.05) is 18.2 Å². The lowest BCUT2D eigenvalue weighted by molar-refractivity contribution is -0.144. The zero-order valence-electron chi connectivity index (χ0n) is 16.3. The van der Waals surface area contributed by atoms with Crippen LogP contribution >= 0.6 is 23.2 Å². The molecular formula is C22H22Cl2N2O4. The number of carbonyl (C=O) groups is 2.